The lowest BCUT2D eigenvalue weighted by Crippen LogP contribution is -2.19. The van der Waals surface area contributed by atoms with Crippen LogP contribution in [-0.2, 0) is 14.3 Å². The van der Waals surface area contributed by atoms with Gasteiger partial charge in [0.05, 0.1) is 23.9 Å². The lowest BCUT2D eigenvalue weighted by molar-refractivity contribution is -0.136. The molecule has 0 aliphatic carbocycles. The summed E-state index contributed by atoms with van der Waals surface area (Å²) in [4.78, 5) is 26.5. The second-order valence-electron chi connectivity index (χ2n) is 7.28. The second kappa shape index (κ2) is 7.15. The maximum absolute atomic E-state index is 12.7. The topological polar surface area (TPSA) is 51.5 Å². The van der Waals surface area contributed by atoms with E-state index in [0.29, 0.717) is 16.8 Å². The van der Waals surface area contributed by atoms with E-state index in [1.165, 1.54) is 23.1 Å². The van der Waals surface area contributed by atoms with Crippen molar-refractivity contribution in [1.82, 2.24) is 9.47 Å². The summed E-state index contributed by atoms with van der Waals surface area (Å²) in [6.07, 6.45) is 1.80. The minimum Gasteiger partial charge on any atom is -0.465 e. The minimum absolute atomic E-state index is 0.199. The van der Waals surface area contributed by atoms with E-state index in [1.54, 1.807) is 20.0 Å². The number of amides is 1. The van der Waals surface area contributed by atoms with E-state index in [4.69, 9.17) is 4.74 Å². The van der Waals surface area contributed by atoms with Crippen molar-refractivity contribution in [2.75, 3.05) is 14.2 Å². The Labute approximate surface area is 165 Å². The van der Waals surface area contributed by atoms with Crippen LogP contribution in [0.1, 0.15) is 35.0 Å². The summed E-state index contributed by atoms with van der Waals surface area (Å²) >= 11 is 0. The Kier molecular flexibility index (Phi) is 5.02. The molecule has 0 atom stereocenters. The number of carbonyl (C=O) groups is 2. The van der Waals surface area contributed by atoms with Crippen LogP contribution in [0.2, 0.25) is 0 Å². The van der Waals surface area contributed by atoms with E-state index < -0.39 is 5.97 Å². The minimum atomic E-state index is -0.495. The van der Waals surface area contributed by atoms with E-state index in [9.17, 15) is 9.59 Å². The SMILES string of the molecule is COC(=O)C1=C(C)N(C)C(=O)/C1=C\c1cc(C)n(-c2c(C)cccc2C)c1C. The molecule has 0 radical (unpaired) electrons. The van der Waals surface area contributed by atoms with Crippen molar-refractivity contribution < 1.29 is 14.3 Å². The molecule has 3 rings (SSSR count). The molecule has 0 N–H and O–H groups in total. The molecule has 0 saturated carbocycles. The smallest absolute Gasteiger partial charge is 0.340 e. The fraction of sp³-hybridized carbons (Fsp3) is 0.304. The fourth-order valence-electron chi connectivity index (χ4n) is 3.89. The highest BCUT2D eigenvalue weighted by atomic mass is 16.5. The van der Waals surface area contributed by atoms with Gasteiger partial charge in [0.25, 0.3) is 5.91 Å². The van der Waals surface area contributed by atoms with Crippen LogP contribution in [-0.4, -0.2) is 35.5 Å². The Hall–Kier alpha value is -3.08. The number of benzene rings is 1. The van der Waals surface area contributed by atoms with Crippen molar-refractivity contribution in [3.05, 3.63) is 69.2 Å². The number of hydrogen-bond donors (Lipinski definition) is 0. The molecule has 1 aliphatic heterocycles. The fourth-order valence-corrected chi connectivity index (χ4v) is 3.89. The molecule has 1 aliphatic rings. The normalized spacial score (nSPS) is 15.8. The zero-order chi connectivity index (χ0) is 20.7. The van der Waals surface area contributed by atoms with Gasteiger partial charge in [0, 0.05) is 24.1 Å². The first-order valence-corrected chi connectivity index (χ1v) is 9.23. The summed E-state index contributed by atoms with van der Waals surface area (Å²) in [5, 5.41) is 0. The molecule has 1 aromatic carbocycles. The van der Waals surface area contributed by atoms with Gasteiger partial charge in [-0.2, -0.15) is 0 Å². The lowest BCUT2D eigenvalue weighted by atomic mass is 10.0. The summed E-state index contributed by atoms with van der Waals surface area (Å²) in [5.41, 5.74) is 7.82. The second-order valence-corrected chi connectivity index (χ2v) is 7.28. The van der Waals surface area contributed by atoms with Gasteiger partial charge in [-0.25, -0.2) is 4.79 Å². The number of carbonyl (C=O) groups excluding carboxylic acids is 2. The maximum atomic E-state index is 12.7. The lowest BCUT2D eigenvalue weighted by Gasteiger charge is -2.15. The molecule has 0 bridgehead atoms. The van der Waals surface area contributed by atoms with Gasteiger partial charge in [0.1, 0.15) is 0 Å². The van der Waals surface area contributed by atoms with Crippen molar-refractivity contribution >= 4 is 18.0 Å². The molecule has 2 heterocycles. The van der Waals surface area contributed by atoms with Crippen molar-refractivity contribution in [3.8, 4) is 5.69 Å². The summed E-state index contributed by atoms with van der Waals surface area (Å²) in [6.45, 7) is 10.0. The van der Waals surface area contributed by atoms with E-state index in [1.807, 2.05) is 19.9 Å². The van der Waals surface area contributed by atoms with Crippen LogP contribution in [0, 0.1) is 27.7 Å². The Morgan fingerprint density at radius 2 is 1.68 bits per heavy atom. The molecule has 0 spiro atoms. The molecule has 5 heteroatoms. The molecule has 146 valence electrons. The third kappa shape index (κ3) is 2.97. The molecule has 1 aromatic heterocycles. The van der Waals surface area contributed by atoms with Crippen molar-refractivity contribution in [2.45, 2.75) is 34.6 Å². The zero-order valence-corrected chi connectivity index (χ0v) is 17.5. The number of hydrogen-bond acceptors (Lipinski definition) is 3. The predicted molar refractivity (Wildman–Crippen MR) is 110 cm³/mol. The summed E-state index contributed by atoms with van der Waals surface area (Å²) in [7, 11) is 3.00. The number of aryl methyl sites for hydroxylation is 3. The van der Waals surface area contributed by atoms with Gasteiger partial charge < -0.3 is 14.2 Å². The van der Waals surface area contributed by atoms with Crippen LogP contribution >= 0.6 is 0 Å². The summed E-state index contributed by atoms with van der Waals surface area (Å²) in [6, 6.07) is 8.28. The Bertz CT molecular complexity index is 1030. The van der Waals surface area contributed by atoms with Gasteiger partial charge in [0.15, 0.2) is 0 Å². The molecule has 0 unspecified atom stereocenters. The van der Waals surface area contributed by atoms with Gasteiger partial charge in [-0.05, 0) is 63.5 Å². The molecule has 5 nitrogen and oxygen atoms in total. The van der Waals surface area contributed by atoms with Crippen LogP contribution in [0.4, 0.5) is 0 Å². The van der Waals surface area contributed by atoms with E-state index in [-0.39, 0.29) is 5.91 Å². The van der Waals surface area contributed by atoms with Crippen LogP contribution in [0.3, 0.4) is 0 Å². The number of allylic oxidation sites excluding steroid dienone is 1. The number of methoxy groups -OCH3 is 1. The Balaban J connectivity index is 2.19. The molecule has 28 heavy (non-hydrogen) atoms. The largest absolute Gasteiger partial charge is 0.465 e. The summed E-state index contributed by atoms with van der Waals surface area (Å²) in [5.74, 6) is -0.695. The van der Waals surface area contributed by atoms with Crippen molar-refractivity contribution in [3.63, 3.8) is 0 Å². The first-order valence-electron chi connectivity index (χ1n) is 9.23. The highest BCUT2D eigenvalue weighted by Gasteiger charge is 2.35. The van der Waals surface area contributed by atoms with Gasteiger partial charge in [0.2, 0.25) is 0 Å². The predicted octanol–water partition coefficient (Wildman–Crippen LogP) is 4.01. The highest BCUT2D eigenvalue weighted by molar-refractivity contribution is 6.16. The average molecular weight is 378 g/mol. The Morgan fingerprint density at radius 1 is 1.07 bits per heavy atom. The first kappa shape index (κ1) is 19.7. The molecule has 1 amide bonds. The highest BCUT2D eigenvalue weighted by Crippen LogP contribution is 2.33. The van der Waals surface area contributed by atoms with Crippen LogP contribution in [0.5, 0.6) is 0 Å². The van der Waals surface area contributed by atoms with E-state index in [2.05, 4.69) is 36.6 Å². The number of ether oxygens (including phenoxy) is 1. The number of likely N-dealkylation sites (N-methyl/N-ethyl adjacent to an activating group) is 1. The molecular weight excluding hydrogens is 352 g/mol. The molecule has 0 saturated heterocycles. The van der Waals surface area contributed by atoms with Crippen LogP contribution in [0.15, 0.2) is 41.1 Å². The maximum Gasteiger partial charge on any atom is 0.340 e. The monoisotopic (exact) mass is 378 g/mol. The van der Waals surface area contributed by atoms with E-state index >= 15 is 0 Å². The van der Waals surface area contributed by atoms with Gasteiger partial charge in [-0.15, -0.1) is 0 Å². The number of rotatable bonds is 3. The van der Waals surface area contributed by atoms with Crippen molar-refractivity contribution in [2.24, 2.45) is 0 Å². The average Bonchev–Trinajstić information content (AvgIpc) is 3.04. The van der Waals surface area contributed by atoms with Gasteiger partial charge >= 0.3 is 5.97 Å². The molecule has 0 fully saturated rings. The quantitative estimate of drug-likeness (QED) is 0.599. The molecular formula is C23H26N2O3. The third-order valence-corrected chi connectivity index (χ3v) is 5.49. The first-order chi connectivity index (χ1) is 13.2. The van der Waals surface area contributed by atoms with E-state index in [0.717, 1.165) is 22.6 Å². The third-order valence-electron chi connectivity index (χ3n) is 5.49. The van der Waals surface area contributed by atoms with Gasteiger partial charge in [-0.3, -0.25) is 4.79 Å². The number of nitrogens with zero attached hydrogens (tertiary/aromatic N) is 2. The summed E-state index contributed by atoms with van der Waals surface area (Å²) < 4.78 is 7.11. The zero-order valence-electron chi connectivity index (χ0n) is 17.5. The standard InChI is InChI=1S/C23H26N2O3/c1-13-9-8-10-14(2)21(13)25-15(3)11-18(16(25)4)12-19-20(23(27)28-7)17(5)24(6)22(19)26/h8-12H,1-7H3/b19-12-. The van der Waals surface area contributed by atoms with Crippen LogP contribution < -0.4 is 0 Å². The van der Waals surface area contributed by atoms with Crippen LogP contribution in [0.25, 0.3) is 11.8 Å². The number of para-hydroxylation sites is 1. The number of esters is 1. The van der Waals surface area contributed by atoms with Crippen molar-refractivity contribution in [1.29, 1.82) is 0 Å². The molecule has 2 aromatic rings. The Morgan fingerprint density at radius 3 is 2.25 bits per heavy atom. The number of aromatic nitrogens is 1. The van der Waals surface area contributed by atoms with Gasteiger partial charge in [-0.1, -0.05) is 18.2 Å².